The minimum Gasteiger partial charge on any atom is -0.355 e. The maximum absolute atomic E-state index is 12.1. The lowest BCUT2D eigenvalue weighted by molar-refractivity contribution is -0.159. The number of aromatic nitrogens is 2. The Bertz CT molecular complexity index is 380. The molecule has 1 rings (SSSR count). The van der Waals surface area contributed by atoms with Crippen molar-refractivity contribution in [2.24, 2.45) is 0 Å². The van der Waals surface area contributed by atoms with Crippen molar-refractivity contribution in [2.75, 3.05) is 18.6 Å². The number of hydrogen-bond donors (Lipinski definition) is 1. The lowest BCUT2D eigenvalue weighted by atomic mass is 10.4. The fourth-order valence-corrected chi connectivity index (χ4v) is 1.33. The van der Waals surface area contributed by atoms with Gasteiger partial charge in [0.05, 0.1) is 5.75 Å². The summed E-state index contributed by atoms with van der Waals surface area (Å²) in [5.41, 5.74) is 0. The van der Waals surface area contributed by atoms with Gasteiger partial charge in [-0.25, -0.2) is 0 Å². The molecule has 0 aliphatic carbocycles. The van der Waals surface area contributed by atoms with Gasteiger partial charge in [0.25, 0.3) is 0 Å². The number of nitrogens with one attached hydrogen (secondary N) is 1. The van der Waals surface area contributed by atoms with Crippen molar-refractivity contribution in [1.29, 1.82) is 0 Å². The molecule has 0 spiro atoms. The Hall–Kier alpha value is -1.25. The quantitative estimate of drug-likeness (QED) is 0.867. The van der Waals surface area contributed by atoms with Crippen molar-refractivity contribution in [1.82, 2.24) is 15.5 Å². The Morgan fingerprint density at radius 1 is 1.53 bits per heavy atom. The largest absolute Gasteiger partial charge is 0.471 e. The first-order valence-corrected chi connectivity index (χ1v) is 5.98. The lowest BCUT2D eigenvalue weighted by Gasteiger charge is -2.00. The van der Waals surface area contributed by atoms with Gasteiger partial charge in [-0.3, -0.25) is 4.79 Å². The second kappa shape index (κ2) is 5.89. The normalized spacial score (nSPS) is 11.5. The minimum absolute atomic E-state index is 0.0817. The van der Waals surface area contributed by atoms with E-state index in [0.717, 1.165) is 0 Å². The van der Waals surface area contributed by atoms with Gasteiger partial charge < -0.3 is 9.84 Å². The van der Waals surface area contributed by atoms with E-state index in [4.69, 9.17) is 0 Å². The number of nitrogens with zero attached hydrogens (tertiary/aromatic N) is 2. The van der Waals surface area contributed by atoms with Crippen LogP contribution in [0, 0.1) is 0 Å². The van der Waals surface area contributed by atoms with Crippen molar-refractivity contribution in [3.8, 4) is 0 Å². The van der Waals surface area contributed by atoms with Crippen LogP contribution in [0.1, 0.15) is 11.7 Å². The minimum atomic E-state index is -4.63. The molecule has 1 heterocycles. The van der Waals surface area contributed by atoms with Crippen LogP contribution in [0.15, 0.2) is 4.52 Å². The molecular formula is C8H10F3N3O2S. The van der Waals surface area contributed by atoms with Crippen LogP contribution >= 0.6 is 11.8 Å². The van der Waals surface area contributed by atoms with Crippen LogP contribution in [0.3, 0.4) is 0 Å². The van der Waals surface area contributed by atoms with E-state index in [1.807, 2.05) is 0 Å². The molecule has 0 radical (unpaired) electrons. The molecule has 0 aliphatic rings. The average Bonchev–Trinajstić information content (AvgIpc) is 2.66. The summed E-state index contributed by atoms with van der Waals surface area (Å²) in [6.07, 6.45) is -2.76. The lowest BCUT2D eigenvalue weighted by Crippen LogP contribution is -2.27. The summed E-state index contributed by atoms with van der Waals surface area (Å²) < 4.78 is 40.3. The van der Waals surface area contributed by atoms with E-state index in [1.54, 1.807) is 6.26 Å². The zero-order valence-corrected chi connectivity index (χ0v) is 9.69. The van der Waals surface area contributed by atoms with Gasteiger partial charge in [-0.1, -0.05) is 5.16 Å². The van der Waals surface area contributed by atoms with E-state index in [2.05, 4.69) is 20.0 Å². The summed E-state index contributed by atoms with van der Waals surface area (Å²) in [5.74, 6) is -1.33. The van der Waals surface area contributed by atoms with Crippen LogP contribution < -0.4 is 5.32 Å². The topological polar surface area (TPSA) is 68.0 Å². The fraction of sp³-hybridized carbons (Fsp3) is 0.625. The van der Waals surface area contributed by atoms with Crippen LogP contribution in [0.25, 0.3) is 0 Å². The Morgan fingerprint density at radius 2 is 2.24 bits per heavy atom. The highest BCUT2D eigenvalue weighted by Crippen LogP contribution is 2.27. The Balaban J connectivity index is 2.38. The zero-order chi connectivity index (χ0) is 12.9. The van der Waals surface area contributed by atoms with E-state index >= 15 is 0 Å². The highest BCUT2D eigenvalue weighted by molar-refractivity contribution is 7.99. The molecule has 1 amide bonds. The molecule has 0 aromatic carbocycles. The maximum Gasteiger partial charge on any atom is 0.471 e. The molecule has 96 valence electrons. The standard InChI is InChI=1S/C8H10F3N3O2S/c1-17-4-6(15)12-3-2-5-13-7(16-14-5)8(9,10)11/h2-4H2,1H3,(H,12,15). The first-order valence-electron chi connectivity index (χ1n) is 4.59. The number of alkyl halides is 3. The summed E-state index contributed by atoms with van der Waals surface area (Å²) >= 11 is 1.35. The molecule has 1 aromatic rings. The van der Waals surface area contributed by atoms with Crippen molar-refractivity contribution < 1.29 is 22.5 Å². The van der Waals surface area contributed by atoms with E-state index in [1.165, 1.54) is 11.8 Å². The van der Waals surface area contributed by atoms with Gasteiger partial charge in [0, 0.05) is 13.0 Å². The molecule has 0 unspecified atom stereocenters. The summed E-state index contributed by atoms with van der Waals surface area (Å²) in [4.78, 5) is 14.2. The number of carbonyl (C=O) groups is 1. The number of thioether (sulfide) groups is 1. The Kier molecular flexibility index (Phi) is 4.79. The van der Waals surface area contributed by atoms with Crippen molar-refractivity contribution in [2.45, 2.75) is 12.6 Å². The van der Waals surface area contributed by atoms with Gasteiger partial charge in [-0.2, -0.15) is 29.9 Å². The number of rotatable bonds is 5. The molecule has 0 aliphatic heterocycles. The van der Waals surface area contributed by atoms with Gasteiger partial charge in [-0.15, -0.1) is 0 Å². The molecule has 0 bridgehead atoms. The Labute approximate surface area is 99.1 Å². The monoisotopic (exact) mass is 269 g/mol. The molecule has 1 aromatic heterocycles. The third kappa shape index (κ3) is 4.63. The smallest absolute Gasteiger partial charge is 0.355 e. The average molecular weight is 269 g/mol. The Morgan fingerprint density at radius 3 is 2.76 bits per heavy atom. The molecule has 5 nitrogen and oxygen atoms in total. The number of hydrogen-bond acceptors (Lipinski definition) is 5. The molecule has 0 saturated heterocycles. The SMILES string of the molecule is CSCC(=O)NCCc1noc(C(F)(F)F)n1. The van der Waals surface area contributed by atoms with Crippen LogP contribution in [0.2, 0.25) is 0 Å². The molecule has 0 fully saturated rings. The molecule has 1 N–H and O–H groups in total. The predicted octanol–water partition coefficient (Wildman–Crippen LogP) is 1.11. The first-order chi connectivity index (χ1) is 7.93. The van der Waals surface area contributed by atoms with E-state index in [9.17, 15) is 18.0 Å². The van der Waals surface area contributed by atoms with Crippen molar-refractivity contribution in [3.63, 3.8) is 0 Å². The van der Waals surface area contributed by atoms with Crippen molar-refractivity contribution >= 4 is 17.7 Å². The first kappa shape index (κ1) is 13.8. The van der Waals surface area contributed by atoms with Crippen LogP contribution in [0.4, 0.5) is 13.2 Å². The van der Waals surface area contributed by atoms with E-state index in [-0.39, 0.29) is 24.7 Å². The summed E-state index contributed by atoms with van der Waals surface area (Å²) in [5, 5.41) is 5.68. The van der Waals surface area contributed by atoms with Gasteiger partial charge >= 0.3 is 12.1 Å². The molecule has 0 saturated carbocycles. The third-order valence-electron chi connectivity index (χ3n) is 1.66. The van der Waals surface area contributed by atoms with Crippen LogP contribution in [0.5, 0.6) is 0 Å². The summed E-state index contributed by atoms with van der Waals surface area (Å²) in [6, 6.07) is 0. The van der Waals surface area contributed by atoms with E-state index in [0.29, 0.717) is 5.75 Å². The summed E-state index contributed by atoms with van der Waals surface area (Å²) in [6.45, 7) is 0.177. The molecule has 0 atom stereocenters. The molecule has 9 heteroatoms. The molecular weight excluding hydrogens is 259 g/mol. The van der Waals surface area contributed by atoms with Gasteiger partial charge in [-0.05, 0) is 6.26 Å². The summed E-state index contributed by atoms with van der Waals surface area (Å²) in [7, 11) is 0. The van der Waals surface area contributed by atoms with Crippen molar-refractivity contribution in [3.05, 3.63) is 11.7 Å². The maximum atomic E-state index is 12.1. The number of halogens is 3. The highest BCUT2D eigenvalue weighted by atomic mass is 32.2. The van der Waals surface area contributed by atoms with Gasteiger partial charge in [0.1, 0.15) is 0 Å². The van der Waals surface area contributed by atoms with Gasteiger partial charge in [0.2, 0.25) is 5.91 Å². The number of carbonyl (C=O) groups excluding carboxylic acids is 1. The van der Waals surface area contributed by atoms with Crippen LogP contribution in [-0.4, -0.2) is 34.6 Å². The second-order valence-electron chi connectivity index (χ2n) is 3.05. The van der Waals surface area contributed by atoms with Gasteiger partial charge in [0.15, 0.2) is 5.82 Å². The predicted molar refractivity (Wildman–Crippen MR) is 54.4 cm³/mol. The number of amides is 1. The second-order valence-corrected chi connectivity index (χ2v) is 3.91. The molecule has 17 heavy (non-hydrogen) atoms. The van der Waals surface area contributed by atoms with Crippen LogP contribution in [-0.2, 0) is 17.4 Å². The highest BCUT2D eigenvalue weighted by Gasteiger charge is 2.38. The third-order valence-corrected chi connectivity index (χ3v) is 2.21. The zero-order valence-electron chi connectivity index (χ0n) is 8.87. The van der Waals surface area contributed by atoms with E-state index < -0.39 is 12.1 Å². The fourth-order valence-electron chi connectivity index (χ4n) is 0.966.